The van der Waals surface area contributed by atoms with Gasteiger partial charge in [0.25, 0.3) is 0 Å². The van der Waals surface area contributed by atoms with E-state index in [1.165, 1.54) is 0 Å². The van der Waals surface area contributed by atoms with Crippen LogP contribution < -0.4 is 20.3 Å². The Morgan fingerprint density at radius 2 is 1.46 bits per heavy atom. The summed E-state index contributed by atoms with van der Waals surface area (Å²) in [5.74, 6) is -1.64. The molecule has 192 valence electrons. The molecule has 1 saturated heterocycles. The van der Waals surface area contributed by atoms with Crippen LogP contribution in [-0.2, 0) is 27.0 Å². The summed E-state index contributed by atoms with van der Waals surface area (Å²) in [5.41, 5.74) is 8.58. The fourth-order valence-electron chi connectivity index (χ4n) is 4.12. The Morgan fingerprint density at radius 3 is 1.97 bits per heavy atom. The van der Waals surface area contributed by atoms with Gasteiger partial charge < -0.3 is 10.8 Å². The predicted octanol–water partition coefficient (Wildman–Crippen LogP) is 2.53. The van der Waals surface area contributed by atoms with E-state index in [1.54, 1.807) is 88.7 Å². The Kier molecular flexibility index (Phi) is 7.55. The van der Waals surface area contributed by atoms with Crippen molar-refractivity contribution in [2.24, 2.45) is 5.73 Å². The Labute approximate surface area is 214 Å². The van der Waals surface area contributed by atoms with E-state index in [2.05, 4.69) is 4.72 Å². The second-order valence-electron chi connectivity index (χ2n) is 8.67. The van der Waals surface area contributed by atoms with Crippen molar-refractivity contribution >= 4 is 39.2 Å². The number of hydrogen-bond donors (Lipinski definition) is 4. The number of hydrogen-bond acceptors (Lipinski definition) is 5. The number of amides is 2. The summed E-state index contributed by atoms with van der Waals surface area (Å²) in [6.45, 7) is 0.938. The lowest BCUT2D eigenvalue weighted by atomic mass is 10.1. The predicted molar refractivity (Wildman–Crippen MR) is 141 cm³/mol. The standard InChI is InChI=1S/C26H27N5O5S/c27-24(28)20-8-12-22(13-9-20)31-15-14-30(26(31)34)21-10-6-18(7-11-21)16-23(25(32)33)29-37(35,36)17-19-4-2-1-3-5-19/h1-13,23,29H,14-17H2,(H3,27,28)(H,32,33). The lowest BCUT2D eigenvalue weighted by Gasteiger charge is -2.20. The minimum atomic E-state index is -3.88. The molecule has 1 atom stereocenters. The molecule has 1 heterocycles. The van der Waals surface area contributed by atoms with Crippen molar-refractivity contribution in [1.82, 2.24) is 4.72 Å². The number of carbonyl (C=O) groups is 2. The molecule has 0 bridgehead atoms. The summed E-state index contributed by atoms with van der Waals surface area (Å²) in [7, 11) is -3.88. The highest BCUT2D eigenvalue weighted by Gasteiger charge is 2.31. The third-order valence-electron chi connectivity index (χ3n) is 6.01. The highest BCUT2D eigenvalue weighted by Crippen LogP contribution is 2.26. The van der Waals surface area contributed by atoms with Crippen molar-refractivity contribution in [2.45, 2.75) is 18.2 Å². The van der Waals surface area contributed by atoms with E-state index in [-0.39, 0.29) is 24.0 Å². The number of carbonyl (C=O) groups excluding carboxylic acids is 1. The first kappa shape index (κ1) is 25.9. The Hall–Kier alpha value is -4.22. The molecule has 1 aliphatic heterocycles. The number of benzene rings is 3. The molecule has 0 spiro atoms. The van der Waals surface area contributed by atoms with Crippen molar-refractivity contribution in [1.29, 1.82) is 5.41 Å². The van der Waals surface area contributed by atoms with Crippen LogP contribution in [0.25, 0.3) is 0 Å². The monoisotopic (exact) mass is 521 g/mol. The van der Waals surface area contributed by atoms with Crippen LogP contribution in [0.3, 0.4) is 0 Å². The molecular formula is C26H27N5O5S. The second kappa shape index (κ2) is 10.8. The van der Waals surface area contributed by atoms with Crippen LogP contribution in [0, 0.1) is 5.41 Å². The smallest absolute Gasteiger partial charge is 0.329 e. The van der Waals surface area contributed by atoms with Gasteiger partial charge in [0.1, 0.15) is 11.9 Å². The van der Waals surface area contributed by atoms with Crippen LogP contribution in [0.2, 0.25) is 0 Å². The summed E-state index contributed by atoms with van der Waals surface area (Å²) in [6.07, 6.45) is -0.0494. The van der Waals surface area contributed by atoms with Gasteiger partial charge in [-0.25, -0.2) is 17.9 Å². The maximum atomic E-state index is 13.0. The molecule has 0 saturated carbocycles. The number of nitrogens with one attached hydrogen (secondary N) is 2. The molecule has 4 rings (SSSR count). The molecule has 1 unspecified atom stereocenters. The molecule has 2 amide bonds. The molecular weight excluding hydrogens is 494 g/mol. The van der Waals surface area contributed by atoms with Crippen LogP contribution in [0.5, 0.6) is 0 Å². The number of nitrogens with two attached hydrogens (primary N) is 1. The summed E-state index contributed by atoms with van der Waals surface area (Å²) in [5, 5.41) is 17.1. The average Bonchev–Trinajstić information content (AvgIpc) is 3.25. The van der Waals surface area contributed by atoms with Gasteiger partial charge >= 0.3 is 12.0 Å². The fourth-order valence-corrected chi connectivity index (χ4v) is 5.45. The molecule has 0 radical (unpaired) electrons. The van der Waals surface area contributed by atoms with Gasteiger partial charge in [0.05, 0.1) is 5.75 Å². The van der Waals surface area contributed by atoms with Crippen molar-refractivity contribution in [3.8, 4) is 0 Å². The molecule has 37 heavy (non-hydrogen) atoms. The van der Waals surface area contributed by atoms with E-state index in [9.17, 15) is 23.1 Å². The van der Waals surface area contributed by atoms with E-state index < -0.39 is 22.0 Å². The molecule has 1 fully saturated rings. The molecule has 3 aromatic rings. The van der Waals surface area contributed by atoms with Crippen LogP contribution >= 0.6 is 0 Å². The number of sulfonamides is 1. The van der Waals surface area contributed by atoms with Crippen molar-refractivity contribution in [3.05, 3.63) is 95.6 Å². The van der Waals surface area contributed by atoms with Crippen LogP contribution in [-0.4, -0.2) is 50.5 Å². The third kappa shape index (κ3) is 6.32. The number of amidine groups is 1. The topological polar surface area (TPSA) is 157 Å². The highest BCUT2D eigenvalue weighted by molar-refractivity contribution is 7.88. The van der Waals surface area contributed by atoms with Gasteiger partial charge in [-0.3, -0.25) is 20.0 Å². The number of anilines is 2. The maximum absolute atomic E-state index is 13.0. The lowest BCUT2D eigenvalue weighted by molar-refractivity contribution is -0.138. The quantitative estimate of drug-likeness (QED) is 0.237. The number of nitrogens with zero attached hydrogens (tertiary/aromatic N) is 2. The summed E-state index contributed by atoms with van der Waals surface area (Å²) in [6, 6.07) is 20.7. The van der Waals surface area contributed by atoms with Gasteiger partial charge in [0.15, 0.2) is 0 Å². The van der Waals surface area contributed by atoms with Gasteiger partial charge in [-0.15, -0.1) is 0 Å². The highest BCUT2D eigenvalue weighted by atomic mass is 32.2. The molecule has 1 aliphatic rings. The van der Waals surface area contributed by atoms with Crippen LogP contribution in [0.15, 0.2) is 78.9 Å². The first-order valence-corrected chi connectivity index (χ1v) is 13.2. The van der Waals surface area contributed by atoms with Crippen LogP contribution in [0.4, 0.5) is 16.2 Å². The third-order valence-corrected chi connectivity index (χ3v) is 7.36. The molecule has 10 nitrogen and oxygen atoms in total. The van der Waals surface area contributed by atoms with E-state index in [0.29, 0.717) is 41.2 Å². The van der Waals surface area contributed by atoms with Gasteiger partial charge in [0.2, 0.25) is 10.0 Å². The number of urea groups is 1. The van der Waals surface area contributed by atoms with Gasteiger partial charge in [-0.1, -0.05) is 42.5 Å². The van der Waals surface area contributed by atoms with Gasteiger partial charge in [-0.2, -0.15) is 0 Å². The molecule has 0 aromatic heterocycles. The van der Waals surface area contributed by atoms with E-state index in [1.807, 2.05) is 0 Å². The number of carboxylic acids is 1. The Morgan fingerprint density at radius 1 is 0.919 bits per heavy atom. The first-order chi connectivity index (χ1) is 17.6. The summed E-state index contributed by atoms with van der Waals surface area (Å²) >= 11 is 0. The van der Waals surface area contributed by atoms with Crippen molar-refractivity contribution in [2.75, 3.05) is 22.9 Å². The van der Waals surface area contributed by atoms with E-state index in [4.69, 9.17) is 11.1 Å². The van der Waals surface area contributed by atoms with E-state index >= 15 is 0 Å². The Balaban J connectivity index is 1.41. The first-order valence-electron chi connectivity index (χ1n) is 11.5. The SMILES string of the molecule is N=C(N)c1ccc(N2CCN(c3ccc(CC(NS(=O)(=O)Cc4ccccc4)C(=O)O)cc3)C2=O)cc1. The Bertz CT molecular complexity index is 1390. The number of nitrogen functional groups attached to an aromatic ring is 1. The minimum absolute atomic E-state index is 0.0462. The van der Waals surface area contributed by atoms with Crippen LogP contribution in [0.1, 0.15) is 16.7 Å². The zero-order valence-corrected chi connectivity index (χ0v) is 20.7. The number of rotatable bonds is 10. The molecule has 3 aromatic carbocycles. The lowest BCUT2D eigenvalue weighted by Crippen LogP contribution is -2.42. The average molecular weight is 522 g/mol. The zero-order valence-electron chi connectivity index (χ0n) is 19.9. The van der Waals surface area contributed by atoms with Crippen molar-refractivity contribution in [3.63, 3.8) is 0 Å². The molecule has 0 aliphatic carbocycles. The second-order valence-corrected chi connectivity index (χ2v) is 10.4. The largest absolute Gasteiger partial charge is 0.480 e. The zero-order chi connectivity index (χ0) is 26.6. The summed E-state index contributed by atoms with van der Waals surface area (Å²) < 4.78 is 27.3. The number of carboxylic acid groups (broad SMARTS) is 1. The van der Waals surface area contributed by atoms with Crippen molar-refractivity contribution < 1.29 is 23.1 Å². The normalized spacial score (nSPS) is 14.5. The minimum Gasteiger partial charge on any atom is -0.480 e. The molecule has 11 heteroatoms. The van der Waals surface area contributed by atoms with Gasteiger partial charge in [0, 0.05) is 30.0 Å². The fraction of sp³-hybridized carbons (Fsp3) is 0.192. The molecule has 5 N–H and O–H groups in total. The van der Waals surface area contributed by atoms with E-state index in [0.717, 1.165) is 0 Å². The maximum Gasteiger partial charge on any atom is 0.329 e. The number of aliphatic carboxylic acids is 1. The van der Waals surface area contributed by atoms with Gasteiger partial charge in [-0.05, 0) is 53.9 Å². The summed E-state index contributed by atoms with van der Waals surface area (Å²) in [4.78, 5) is 28.0.